The zero-order valence-corrected chi connectivity index (χ0v) is 11.7. The maximum atomic E-state index is 13.5. The van der Waals surface area contributed by atoms with E-state index in [-0.39, 0.29) is 25.0 Å². The second-order valence-corrected chi connectivity index (χ2v) is 6.08. The molecule has 1 aliphatic rings. The number of hydrogen-bond acceptors (Lipinski definition) is 3. The van der Waals surface area contributed by atoms with E-state index in [9.17, 15) is 17.2 Å². The molecule has 8 heteroatoms. The van der Waals surface area contributed by atoms with E-state index in [0.717, 1.165) is 16.4 Å². The molecular weight excluding hydrogens is 298 g/mol. The lowest BCUT2D eigenvalue weighted by Crippen LogP contribution is -2.40. The Balaban J connectivity index is 0.00000180. The van der Waals surface area contributed by atoms with Gasteiger partial charge in [0.15, 0.2) is 0 Å². The lowest BCUT2D eigenvalue weighted by atomic mass is 10.2. The van der Waals surface area contributed by atoms with Crippen LogP contribution >= 0.6 is 12.4 Å². The molecule has 2 rings (SSSR count). The van der Waals surface area contributed by atoms with Gasteiger partial charge in [-0.3, -0.25) is 0 Å². The molecule has 19 heavy (non-hydrogen) atoms. The summed E-state index contributed by atoms with van der Waals surface area (Å²) in [4.78, 5) is -0.622. The third-order valence-corrected chi connectivity index (χ3v) is 5.04. The molecule has 1 aromatic rings. The van der Waals surface area contributed by atoms with Crippen LogP contribution in [0.1, 0.15) is 12.8 Å². The third kappa shape index (κ3) is 3.05. The summed E-state index contributed by atoms with van der Waals surface area (Å²) < 4.78 is 52.3. The Hall–Kier alpha value is -0.760. The summed E-state index contributed by atoms with van der Waals surface area (Å²) in [5, 5.41) is 0. The molecule has 0 saturated carbocycles. The first-order valence-electron chi connectivity index (χ1n) is 5.64. The molecular formula is C11H15ClF2N2O2S. The van der Waals surface area contributed by atoms with Crippen molar-refractivity contribution in [2.75, 3.05) is 13.1 Å². The van der Waals surface area contributed by atoms with Crippen LogP contribution in [0.15, 0.2) is 23.1 Å². The lowest BCUT2D eigenvalue weighted by molar-refractivity contribution is 0.389. The van der Waals surface area contributed by atoms with Gasteiger partial charge in [0.1, 0.15) is 16.5 Å². The Labute approximate surface area is 117 Å². The molecule has 4 nitrogen and oxygen atoms in total. The van der Waals surface area contributed by atoms with E-state index in [1.54, 1.807) is 0 Å². The van der Waals surface area contributed by atoms with Gasteiger partial charge in [-0.05, 0) is 31.0 Å². The summed E-state index contributed by atoms with van der Waals surface area (Å²) in [5.41, 5.74) is 5.49. The van der Waals surface area contributed by atoms with Crippen molar-refractivity contribution in [3.8, 4) is 0 Å². The van der Waals surface area contributed by atoms with Crippen LogP contribution < -0.4 is 5.73 Å². The molecule has 0 bridgehead atoms. The summed E-state index contributed by atoms with van der Waals surface area (Å²) in [6, 6.07) is 2.07. The number of benzene rings is 1. The van der Waals surface area contributed by atoms with Gasteiger partial charge in [0.05, 0.1) is 0 Å². The largest absolute Gasteiger partial charge is 0.329 e. The fraction of sp³-hybridized carbons (Fsp3) is 0.455. The molecule has 108 valence electrons. The molecule has 1 heterocycles. The first-order valence-corrected chi connectivity index (χ1v) is 7.08. The predicted molar refractivity (Wildman–Crippen MR) is 69.6 cm³/mol. The Kier molecular flexibility index (Phi) is 5.26. The second kappa shape index (κ2) is 6.13. The van der Waals surface area contributed by atoms with Gasteiger partial charge < -0.3 is 5.73 Å². The SMILES string of the molecule is Cl.NCC1CCCN1S(=O)(=O)c1cc(F)ccc1F. The molecule has 0 aliphatic carbocycles. The van der Waals surface area contributed by atoms with Crippen LogP contribution in [0.5, 0.6) is 0 Å². The molecule has 1 aromatic carbocycles. The molecule has 1 saturated heterocycles. The monoisotopic (exact) mass is 312 g/mol. The quantitative estimate of drug-likeness (QED) is 0.920. The maximum Gasteiger partial charge on any atom is 0.246 e. The van der Waals surface area contributed by atoms with E-state index in [2.05, 4.69) is 0 Å². The highest BCUT2D eigenvalue weighted by atomic mass is 35.5. The maximum absolute atomic E-state index is 13.5. The standard InChI is InChI=1S/C11H14F2N2O2S.ClH/c12-8-3-4-10(13)11(6-8)18(16,17)15-5-1-2-9(15)7-14;/h3-4,6,9H,1-2,5,7,14H2;1H. The van der Waals surface area contributed by atoms with E-state index in [1.807, 2.05) is 0 Å². The average molecular weight is 313 g/mol. The van der Waals surface area contributed by atoms with E-state index >= 15 is 0 Å². The molecule has 0 radical (unpaired) electrons. The zero-order chi connectivity index (χ0) is 13.3. The minimum Gasteiger partial charge on any atom is -0.329 e. The van der Waals surface area contributed by atoms with Crippen molar-refractivity contribution < 1.29 is 17.2 Å². The van der Waals surface area contributed by atoms with Crippen molar-refractivity contribution in [3.05, 3.63) is 29.8 Å². The molecule has 1 atom stereocenters. The Morgan fingerprint density at radius 3 is 2.68 bits per heavy atom. The number of sulfonamides is 1. The first kappa shape index (κ1) is 16.3. The summed E-state index contributed by atoms with van der Waals surface area (Å²) in [6.45, 7) is 0.469. The molecule has 2 N–H and O–H groups in total. The normalized spacial score (nSPS) is 20.3. The van der Waals surface area contributed by atoms with Crippen LogP contribution in [0.2, 0.25) is 0 Å². The lowest BCUT2D eigenvalue weighted by Gasteiger charge is -2.23. The van der Waals surface area contributed by atoms with Crippen molar-refractivity contribution in [3.63, 3.8) is 0 Å². The molecule has 1 unspecified atom stereocenters. The van der Waals surface area contributed by atoms with Crippen molar-refractivity contribution in [1.29, 1.82) is 0 Å². The van der Waals surface area contributed by atoms with Gasteiger partial charge in [-0.15, -0.1) is 12.4 Å². The molecule has 1 fully saturated rings. The predicted octanol–water partition coefficient (Wildman–Crippen LogP) is 1.50. The minimum absolute atomic E-state index is 0. The van der Waals surface area contributed by atoms with Crippen molar-refractivity contribution in [2.24, 2.45) is 5.73 Å². The van der Waals surface area contributed by atoms with Crippen LogP contribution in [0.4, 0.5) is 8.78 Å². The van der Waals surface area contributed by atoms with Gasteiger partial charge in [-0.1, -0.05) is 0 Å². The van der Waals surface area contributed by atoms with Crippen molar-refractivity contribution >= 4 is 22.4 Å². The van der Waals surface area contributed by atoms with Gasteiger partial charge in [0.2, 0.25) is 10.0 Å². The molecule has 0 amide bonds. The molecule has 0 aromatic heterocycles. The fourth-order valence-corrected chi connectivity index (χ4v) is 3.94. The zero-order valence-electron chi connectivity index (χ0n) is 10.1. The highest BCUT2D eigenvalue weighted by molar-refractivity contribution is 7.89. The fourth-order valence-electron chi connectivity index (χ4n) is 2.16. The van der Waals surface area contributed by atoms with Gasteiger partial charge in [-0.2, -0.15) is 4.31 Å². The smallest absolute Gasteiger partial charge is 0.246 e. The summed E-state index contributed by atoms with van der Waals surface area (Å²) >= 11 is 0. The van der Waals surface area contributed by atoms with Gasteiger partial charge in [0, 0.05) is 19.1 Å². The van der Waals surface area contributed by atoms with E-state index in [0.29, 0.717) is 25.5 Å². The van der Waals surface area contributed by atoms with Gasteiger partial charge in [-0.25, -0.2) is 17.2 Å². The molecule has 1 aliphatic heterocycles. The van der Waals surface area contributed by atoms with Crippen LogP contribution in [0, 0.1) is 11.6 Å². The van der Waals surface area contributed by atoms with Crippen LogP contribution in [0.3, 0.4) is 0 Å². The van der Waals surface area contributed by atoms with Gasteiger partial charge >= 0.3 is 0 Å². The highest BCUT2D eigenvalue weighted by Gasteiger charge is 2.36. The number of nitrogens with zero attached hydrogens (tertiary/aromatic N) is 1. The highest BCUT2D eigenvalue weighted by Crippen LogP contribution is 2.27. The summed E-state index contributed by atoms with van der Waals surface area (Å²) in [6.07, 6.45) is 1.32. The summed E-state index contributed by atoms with van der Waals surface area (Å²) in [5.74, 6) is -1.72. The van der Waals surface area contributed by atoms with Crippen molar-refractivity contribution in [1.82, 2.24) is 4.31 Å². The van der Waals surface area contributed by atoms with Crippen LogP contribution in [-0.2, 0) is 10.0 Å². The topological polar surface area (TPSA) is 63.4 Å². The van der Waals surface area contributed by atoms with Crippen LogP contribution in [-0.4, -0.2) is 31.9 Å². The number of hydrogen-bond donors (Lipinski definition) is 1. The number of nitrogens with two attached hydrogens (primary N) is 1. The van der Waals surface area contributed by atoms with Crippen molar-refractivity contribution in [2.45, 2.75) is 23.8 Å². The second-order valence-electron chi connectivity index (χ2n) is 4.22. The molecule has 0 spiro atoms. The average Bonchev–Trinajstić information content (AvgIpc) is 2.81. The number of rotatable bonds is 3. The van der Waals surface area contributed by atoms with E-state index < -0.39 is 26.6 Å². The van der Waals surface area contributed by atoms with E-state index in [4.69, 9.17) is 5.73 Å². The number of halogens is 3. The third-order valence-electron chi connectivity index (χ3n) is 3.08. The Bertz CT molecular complexity index is 554. The van der Waals surface area contributed by atoms with E-state index in [1.165, 1.54) is 0 Å². The Morgan fingerprint density at radius 2 is 2.05 bits per heavy atom. The first-order chi connectivity index (χ1) is 8.46. The minimum atomic E-state index is -4.01. The Morgan fingerprint density at radius 1 is 1.37 bits per heavy atom. The summed E-state index contributed by atoms with van der Waals surface area (Å²) in [7, 11) is -4.01. The van der Waals surface area contributed by atoms with Crippen LogP contribution in [0.25, 0.3) is 0 Å². The van der Waals surface area contributed by atoms with Gasteiger partial charge in [0.25, 0.3) is 0 Å².